The van der Waals surface area contributed by atoms with Gasteiger partial charge < -0.3 is 0 Å². The van der Waals surface area contributed by atoms with Crippen LogP contribution in [0.15, 0.2) is 6.20 Å². The predicted molar refractivity (Wildman–Crippen MR) is 29.0 cm³/mol. The number of halogens is 1. The molecule has 0 bridgehead atoms. The SMILES string of the molecule is O=Cc1n[nH]cc1Cl. The number of aromatic amines is 1. The minimum absolute atomic E-state index is 0.256. The van der Waals surface area contributed by atoms with Crippen molar-refractivity contribution in [3.8, 4) is 0 Å². The molecule has 42 valence electrons. The highest BCUT2D eigenvalue weighted by Crippen LogP contribution is 2.07. The van der Waals surface area contributed by atoms with E-state index < -0.39 is 0 Å². The first-order valence-corrected chi connectivity index (χ1v) is 2.37. The van der Waals surface area contributed by atoms with E-state index in [9.17, 15) is 4.79 Å². The highest BCUT2D eigenvalue weighted by Gasteiger charge is 1.97. The lowest BCUT2D eigenvalue weighted by molar-refractivity contribution is 0.111. The number of H-pyrrole nitrogens is 1. The van der Waals surface area contributed by atoms with Crippen LogP contribution < -0.4 is 0 Å². The number of carbonyl (C=O) groups excluding carboxylic acids is 1. The van der Waals surface area contributed by atoms with E-state index in [0.717, 1.165) is 0 Å². The highest BCUT2D eigenvalue weighted by molar-refractivity contribution is 6.32. The standard InChI is InChI=1S/C4H3ClN2O/c5-3-1-6-7-4(3)2-8/h1-2H,(H,6,7). The molecule has 0 atom stereocenters. The van der Waals surface area contributed by atoms with Crippen molar-refractivity contribution in [1.82, 2.24) is 10.2 Å². The number of aromatic nitrogens is 2. The lowest BCUT2D eigenvalue weighted by atomic mass is 10.5. The molecule has 0 fully saturated rings. The molecule has 0 aliphatic carbocycles. The predicted octanol–water partition coefficient (Wildman–Crippen LogP) is 0.876. The van der Waals surface area contributed by atoms with Crippen LogP contribution in [0.2, 0.25) is 5.02 Å². The zero-order valence-electron chi connectivity index (χ0n) is 3.89. The summed E-state index contributed by atoms with van der Waals surface area (Å²) in [5.41, 5.74) is 0.256. The topological polar surface area (TPSA) is 45.8 Å². The summed E-state index contributed by atoms with van der Waals surface area (Å²) in [7, 11) is 0. The second-order valence-corrected chi connectivity index (χ2v) is 1.64. The molecule has 1 heterocycles. The van der Waals surface area contributed by atoms with E-state index >= 15 is 0 Å². The van der Waals surface area contributed by atoms with Crippen LogP contribution in [0.4, 0.5) is 0 Å². The molecule has 0 unspecified atom stereocenters. The third kappa shape index (κ3) is 0.721. The van der Waals surface area contributed by atoms with Crippen LogP contribution in [0.5, 0.6) is 0 Å². The van der Waals surface area contributed by atoms with Gasteiger partial charge >= 0.3 is 0 Å². The van der Waals surface area contributed by atoms with E-state index in [2.05, 4.69) is 10.2 Å². The molecular formula is C4H3ClN2O. The molecule has 0 aliphatic heterocycles. The van der Waals surface area contributed by atoms with Gasteiger partial charge in [-0.05, 0) is 0 Å². The van der Waals surface area contributed by atoms with Gasteiger partial charge in [0.1, 0.15) is 5.69 Å². The van der Waals surface area contributed by atoms with Gasteiger partial charge in [0.15, 0.2) is 6.29 Å². The fraction of sp³-hybridized carbons (Fsp3) is 0. The highest BCUT2D eigenvalue weighted by atomic mass is 35.5. The van der Waals surface area contributed by atoms with Crippen LogP contribution in [0.25, 0.3) is 0 Å². The minimum Gasteiger partial charge on any atom is -0.296 e. The van der Waals surface area contributed by atoms with Gasteiger partial charge in [0.05, 0.1) is 5.02 Å². The van der Waals surface area contributed by atoms with E-state index in [1.54, 1.807) is 0 Å². The molecule has 0 saturated heterocycles. The maximum Gasteiger partial charge on any atom is 0.171 e. The van der Waals surface area contributed by atoms with E-state index in [-0.39, 0.29) is 5.69 Å². The second kappa shape index (κ2) is 1.96. The van der Waals surface area contributed by atoms with Crippen molar-refractivity contribution < 1.29 is 4.79 Å². The number of carbonyl (C=O) groups is 1. The molecule has 0 aliphatic rings. The summed E-state index contributed by atoms with van der Waals surface area (Å²) in [6, 6.07) is 0. The maximum absolute atomic E-state index is 9.92. The molecule has 1 aromatic rings. The number of aldehydes is 1. The molecule has 0 saturated carbocycles. The van der Waals surface area contributed by atoms with E-state index in [1.807, 2.05) is 0 Å². The second-order valence-electron chi connectivity index (χ2n) is 1.24. The summed E-state index contributed by atoms with van der Waals surface area (Å²) in [5.74, 6) is 0. The largest absolute Gasteiger partial charge is 0.296 e. The van der Waals surface area contributed by atoms with Gasteiger partial charge in [0.2, 0.25) is 0 Å². The van der Waals surface area contributed by atoms with Gasteiger partial charge in [-0.1, -0.05) is 11.6 Å². The van der Waals surface area contributed by atoms with Crippen molar-refractivity contribution in [2.75, 3.05) is 0 Å². The summed E-state index contributed by atoms with van der Waals surface area (Å²) in [5, 5.41) is 6.31. The fourth-order valence-corrected chi connectivity index (χ4v) is 0.504. The van der Waals surface area contributed by atoms with Crippen LogP contribution in [0.1, 0.15) is 10.5 Å². The monoisotopic (exact) mass is 130 g/mol. The van der Waals surface area contributed by atoms with Crippen molar-refractivity contribution in [2.45, 2.75) is 0 Å². The number of rotatable bonds is 1. The maximum atomic E-state index is 9.92. The van der Waals surface area contributed by atoms with Crippen molar-refractivity contribution >= 4 is 17.9 Å². The molecule has 0 amide bonds. The molecule has 0 aromatic carbocycles. The Kier molecular flexibility index (Phi) is 1.30. The third-order valence-electron chi connectivity index (χ3n) is 0.733. The van der Waals surface area contributed by atoms with Gasteiger partial charge in [-0.15, -0.1) is 0 Å². The molecule has 1 aromatic heterocycles. The average Bonchev–Trinajstić information content (AvgIpc) is 2.14. The lowest BCUT2D eigenvalue weighted by Crippen LogP contribution is -1.77. The van der Waals surface area contributed by atoms with E-state index in [1.165, 1.54) is 6.20 Å². The Bertz CT molecular complexity index is 196. The first-order chi connectivity index (χ1) is 3.84. The van der Waals surface area contributed by atoms with Crippen molar-refractivity contribution in [2.24, 2.45) is 0 Å². The number of nitrogens with zero attached hydrogens (tertiary/aromatic N) is 1. The van der Waals surface area contributed by atoms with Crippen LogP contribution in [0, 0.1) is 0 Å². The lowest BCUT2D eigenvalue weighted by Gasteiger charge is -1.73. The van der Waals surface area contributed by atoms with Crippen LogP contribution in [-0.4, -0.2) is 16.5 Å². The van der Waals surface area contributed by atoms with Gasteiger partial charge in [-0.25, -0.2) is 0 Å². The number of hydrogen-bond donors (Lipinski definition) is 1. The first kappa shape index (κ1) is 5.31. The number of nitrogens with one attached hydrogen (secondary N) is 1. The normalized spacial score (nSPS) is 9.12. The Morgan fingerprint density at radius 3 is 2.88 bits per heavy atom. The van der Waals surface area contributed by atoms with Gasteiger partial charge in [0.25, 0.3) is 0 Å². The zero-order chi connectivity index (χ0) is 5.98. The van der Waals surface area contributed by atoms with Crippen molar-refractivity contribution in [3.63, 3.8) is 0 Å². The fourth-order valence-electron chi connectivity index (χ4n) is 0.368. The summed E-state index contributed by atoms with van der Waals surface area (Å²) in [6.45, 7) is 0. The average molecular weight is 131 g/mol. The van der Waals surface area contributed by atoms with Gasteiger partial charge in [0, 0.05) is 6.20 Å². The van der Waals surface area contributed by atoms with Gasteiger partial charge in [-0.2, -0.15) is 5.10 Å². The van der Waals surface area contributed by atoms with E-state index in [4.69, 9.17) is 11.6 Å². The quantitative estimate of drug-likeness (QED) is 0.574. The molecule has 8 heavy (non-hydrogen) atoms. The summed E-state index contributed by atoms with van der Waals surface area (Å²) >= 11 is 5.41. The van der Waals surface area contributed by atoms with Crippen LogP contribution in [0.3, 0.4) is 0 Å². The summed E-state index contributed by atoms with van der Waals surface area (Å²) < 4.78 is 0. The molecule has 1 N–H and O–H groups in total. The van der Waals surface area contributed by atoms with E-state index in [0.29, 0.717) is 11.3 Å². The Morgan fingerprint density at radius 1 is 1.88 bits per heavy atom. The van der Waals surface area contributed by atoms with Crippen molar-refractivity contribution in [1.29, 1.82) is 0 Å². The smallest absolute Gasteiger partial charge is 0.171 e. The third-order valence-corrected chi connectivity index (χ3v) is 1.04. The van der Waals surface area contributed by atoms with Crippen LogP contribution >= 0.6 is 11.6 Å². The summed E-state index contributed by atoms with van der Waals surface area (Å²) in [6.07, 6.45) is 2.05. The van der Waals surface area contributed by atoms with Crippen molar-refractivity contribution in [3.05, 3.63) is 16.9 Å². The van der Waals surface area contributed by atoms with Gasteiger partial charge in [-0.3, -0.25) is 9.89 Å². The molecule has 4 heteroatoms. The Balaban J connectivity index is 3.09. The minimum atomic E-state index is 0.256. The Morgan fingerprint density at radius 2 is 2.62 bits per heavy atom. The summed E-state index contributed by atoms with van der Waals surface area (Å²) in [4.78, 5) is 9.92. The van der Waals surface area contributed by atoms with Crippen LogP contribution in [-0.2, 0) is 0 Å². The first-order valence-electron chi connectivity index (χ1n) is 1.99. The molecule has 0 spiro atoms. The Hall–Kier alpha value is -0.830. The molecule has 0 radical (unpaired) electrons. The molecule has 1 rings (SSSR count). The number of hydrogen-bond acceptors (Lipinski definition) is 2. The zero-order valence-corrected chi connectivity index (χ0v) is 4.64. The Labute approximate surface area is 50.7 Å². The molecular weight excluding hydrogens is 128 g/mol. The molecule has 3 nitrogen and oxygen atoms in total.